The molecule has 0 atom stereocenters. The molecule has 0 aromatic rings. The molecule has 0 amide bonds. The molecule has 86 valence electrons. The van der Waals surface area contributed by atoms with Crippen molar-refractivity contribution in [2.75, 3.05) is 26.4 Å². The summed E-state index contributed by atoms with van der Waals surface area (Å²) in [5.74, 6) is 0. The predicted octanol–water partition coefficient (Wildman–Crippen LogP) is 3.40. The topological polar surface area (TPSA) is 18.5 Å². The zero-order valence-electron chi connectivity index (χ0n) is 9.89. The van der Waals surface area contributed by atoms with E-state index in [9.17, 15) is 0 Å². The third-order valence-electron chi connectivity index (χ3n) is 2.11. The van der Waals surface area contributed by atoms with E-state index >= 15 is 0 Å². The van der Waals surface area contributed by atoms with E-state index in [4.69, 9.17) is 9.47 Å². The molecule has 0 saturated carbocycles. The first-order valence-electron chi connectivity index (χ1n) is 6.07. The molecule has 0 unspecified atom stereocenters. The highest BCUT2D eigenvalue weighted by molar-refractivity contribution is 4.40. The summed E-state index contributed by atoms with van der Waals surface area (Å²) in [5, 5.41) is 0. The summed E-state index contributed by atoms with van der Waals surface area (Å²) in [6.07, 6.45) is 7.09. The third-order valence-corrected chi connectivity index (χ3v) is 2.11. The highest BCUT2D eigenvalue weighted by Crippen LogP contribution is 1.95. The maximum absolute atomic E-state index is 5.45. The summed E-state index contributed by atoms with van der Waals surface area (Å²) in [7, 11) is 0. The van der Waals surface area contributed by atoms with Crippen LogP contribution in [0.1, 0.15) is 52.4 Å². The maximum atomic E-state index is 5.45. The molecule has 0 radical (unpaired) electrons. The fourth-order valence-electron chi connectivity index (χ4n) is 1.11. The van der Waals surface area contributed by atoms with Gasteiger partial charge in [0, 0.05) is 26.4 Å². The van der Waals surface area contributed by atoms with Crippen molar-refractivity contribution in [1.82, 2.24) is 0 Å². The summed E-state index contributed by atoms with van der Waals surface area (Å²) in [6, 6.07) is 0. The number of hydrogen-bond donors (Lipinski definition) is 0. The molecule has 2 nitrogen and oxygen atoms in total. The third kappa shape index (κ3) is 11.9. The standard InChI is InChI=1S/C12H26O2/c1-3-5-9-13-11-7-8-12-14-10-6-4-2/h3-12H2,1-2H3. The van der Waals surface area contributed by atoms with Crippen LogP contribution in [-0.2, 0) is 9.47 Å². The molecule has 14 heavy (non-hydrogen) atoms. The molecule has 0 heterocycles. The van der Waals surface area contributed by atoms with E-state index in [1.54, 1.807) is 0 Å². The van der Waals surface area contributed by atoms with Gasteiger partial charge < -0.3 is 9.47 Å². The average molecular weight is 202 g/mol. The normalized spacial score (nSPS) is 10.7. The van der Waals surface area contributed by atoms with E-state index in [1.807, 2.05) is 0 Å². The molecule has 0 saturated heterocycles. The Morgan fingerprint density at radius 3 is 1.29 bits per heavy atom. The van der Waals surface area contributed by atoms with Crippen LogP contribution in [0.2, 0.25) is 0 Å². The Labute approximate surface area is 89.0 Å². The Hall–Kier alpha value is -0.0800. The second-order valence-electron chi connectivity index (χ2n) is 3.64. The Balaban J connectivity index is 2.78. The van der Waals surface area contributed by atoms with Gasteiger partial charge in [0.15, 0.2) is 0 Å². The van der Waals surface area contributed by atoms with Crippen molar-refractivity contribution in [2.45, 2.75) is 52.4 Å². The van der Waals surface area contributed by atoms with Crippen molar-refractivity contribution in [1.29, 1.82) is 0 Å². The lowest BCUT2D eigenvalue weighted by atomic mass is 10.3. The van der Waals surface area contributed by atoms with E-state index in [-0.39, 0.29) is 0 Å². The maximum Gasteiger partial charge on any atom is 0.0466 e. The summed E-state index contributed by atoms with van der Waals surface area (Å²) in [6.45, 7) is 8.02. The summed E-state index contributed by atoms with van der Waals surface area (Å²) < 4.78 is 10.9. The highest BCUT2D eigenvalue weighted by Gasteiger charge is 1.90. The number of hydrogen-bond acceptors (Lipinski definition) is 2. The first-order valence-corrected chi connectivity index (χ1v) is 6.07. The Morgan fingerprint density at radius 2 is 0.929 bits per heavy atom. The van der Waals surface area contributed by atoms with Crippen LogP contribution in [0.15, 0.2) is 0 Å². The van der Waals surface area contributed by atoms with E-state index in [0.29, 0.717) is 0 Å². The molecular weight excluding hydrogens is 176 g/mol. The molecule has 2 heteroatoms. The van der Waals surface area contributed by atoms with Crippen LogP contribution in [0.25, 0.3) is 0 Å². The van der Waals surface area contributed by atoms with Crippen LogP contribution in [0.5, 0.6) is 0 Å². The Kier molecular flexibility index (Phi) is 12.8. The molecular formula is C12H26O2. The zero-order valence-corrected chi connectivity index (χ0v) is 9.89. The van der Waals surface area contributed by atoms with Crippen LogP contribution in [-0.4, -0.2) is 26.4 Å². The fraction of sp³-hybridized carbons (Fsp3) is 1.00. The van der Waals surface area contributed by atoms with Gasteiger partial charge in [0.2, 0.25) is 0 Å². The van der Waals surface area contributed by atoms with Gasteiger partial charge in [-0.1, -0.05) is 26.7 Å². The van der Waals surface area contributed by atoms with Gasteiger partial charge in [0.05, 0.1) is 0 Å². The summed E-state index contributed by atoms with van der Waals surface area (Å²) >= 11 is 0. The van der Waals surface area contributed by atoms with Crippen molar-refractivity contribution in [3.8, 4) is 0 Å². The zero-order chi connectivity index (χ0) is 10.5. The van der Waals surface area contributed by atoms with Crippen molar-refractivity contribution in [3.63, 3.8) is 0 Å². The van der Waals surface area contributed by atoms with Gasteiger partial charge in [-0.25, -0.2) is 0 Å². The van der Waals surface area contributed by atoms with E-state index in [1.165, 1.54) is 25.7 Å². The molecule has 0 N–H and O–H groups in total. The molecule has 0 aromatic heterocycles. The SMILES string of the molecule is CCCCOCCCCOCCCC. The van der Waals surface area contributed by atoms with E-state index in [2.05, 4.69) is 13.8 Å². The predicted molar refractivity (Wildman–Crippen MR) is 60.7 cm³/mol. The average Bonchev–Trinajstić information content (AvgIpc) is 2.21. The van der Waals surface area contributed by atoms with Gasteiger partial charge >= 0.3 is 0 Å². The second-order valence-corrected chi connectivity index (χ2v) is 3.64. The summed E-state index contributed by atoms with van der Waals surface area (Å²) in [5.41, 5.74) is 0. The Bertz CT molecular complexity index is 82.3. The van der Waals surface area contributed by atoms with Crippen molar-refractivity contribution >= 4 is 0 Å². The largest absolute Gasteiger partial charge is 0.381 e. The van der Waals surface area contributed by atoms with Crippen LogP contribution in [0, 0.1) is 0 Å². The van der Waals surface area contributed by atoms with Gasteiger partial charge in [-0.2, -0.15) is 0 Å². The van der Waals surface area contributed by atoms with Gasteiger partial charge in [-0.3, -0.25) is 0 Å². The minimum atomic E-state index is 0.900. The first kappa shape index (κ1) is 13.9. The molecule has 0 rings (SSSR count). The van der Waals surface area contributed by atoms with Crippen molar-refractivity contribution < 1.29 is 9.47 Å². The lowest BCUT2D eigenvalue weighted by molar-refractivity contribution is 0.100. The fourth-order valence-corrected chi connectivity index (χ4v) is 1.11. The molecule has 0 fully saturated rings. The molecule has 0 aromatic carbocycles. The van der Waals surface area contributed by atoms with E-state index in [0.717, 1.165) is 39.3 Å². The number of ether oxygens (including phenoxy) is 2. The molecule has 0 aliphatic heterocycles. The lowest BCUT2D eigenvalue weighted by Crippen LogP contribution is -2.00. The second kappa shape index (κ2) is 12.9. The van der Waals surface area contributed by atoms with Gasteiger partial charge in [-0.05, 0) is 25.7 Å². The van der Waals surface area contributed by atoms with Crippen LogP contribution in [0.3, 0.4) is 0 Å². The lowest BCUT2D eigenvalue weighted by Gasteiger charge is -2.04. The van der Waals surface area contributed by atoms with Crippen LogP contribution < -0.4 is 0 Å². The van der Waals surface area contributed by atoms with Crippen molar-refractivity contribution in [2.24, 2.45) is 0 Å². The van der Waals surface area contributed by atoms with Crippen LogP contribution in [0.4, 0.5) is 0 Å². The molecule has 0 aliphatic rings. The highest BCUT2D eigenvalue weighted by atomic mass is 16.5. The van der Waals surface area contributed by atoms with Gasteiger partial charge in [-0.15, -0.1) is 0 Å². The minimum absolute atomic E-state index is 0.900. The van der Waals surface area contributed by atoms with Crippen LogP contribution >= 0.6 is 0 Å². The first-order chi connectivity index (χ1) is 6.91. The molecule has 0 bridgehead atoms. The Morgan fingerprint density at radius 1 is 0.571 bits per heavy atom. The molecule has 0 aliphatic carbocycles. The molecule has 0 spiro atoms. The smallest absolute Gasteiger partial charge is 0.0466 e. The summed E-state index contributed by atoms with van der Waals surface area (Å²) in [4.78, 5) is 0. The number of rotatable bonds is 11. The quantitative estimate of drug-likeness (QED) is 0.478. The van der Waals surface area contributed by atoms with Gasteiger partial charge in [0.1, 0.15) is 0 Å². The van der Waals surface area contributed by atoms with Crippen molar-refractivity contribution in [3.05, 3.63) is 0 Å². The van der Waals surface area contributed by atoms with Gasteiger partial charge in [0.25, 0.3) is 0 Å². The monoisotopic (exact) mass is 202 g/mol. The minimum Gasteiger partial charge on any atom is -0.381 e. The van der Waals surface area contributed by atoms with E-state index < -0.39 is 0 Å². The number of unbranched alkanes of at least 4 members (excludes halogenated alkanes) is 3.